The number of hydrogen-bond acceptors (Lipinski definition) is 7. The maximum atomic E-state index is 13.1. The number of nitrogens with zero attached hydrogens (tertiary/aromatic N) is 5. The Morgan fingerprint density at radius 3 is 2.77 bits per heavy atom. The van der Waals surface area contributed by atoms with Gasteiger partial charge in [0, 0.05) is 23.8 Å². The number of H-pyrrole nitrogens is 1. The fourth-order valence-electron chi connectivity index (χ4n) is 3.15. The van der Waals surface area contributed by atoms with E-state index in [2.05, 4.69) is 40.8 Å². The normalized spacial score (nSPS) is 10.9. The minimum absolute atomic E-state index is 0.264. The second kappa shape index (κ2) is 8.15. The summed E-state index contributed by atoms with van der Waals surface area (Å²) >= 11 is 0. The van der Waals surface area contributed by atoms with Crippen molar-refractivity contribution < 1.29 is 4.39 Å². The highest BCUT2D eigenvalue weighted by molar-refractivity contribution is 5.82. The smallest absolute Gasteiger partial charge is 0.230 e. The predicted octanol–water partition coefficient (Wildman–Crippen LogP) is 4.30. The summed E-state index contributed by atoms with van der Waals surface area (Å²) in [5, 5.41) is 14.4. The van der Waals surface area contributed by atoms with Crippen LogP contribution in [0.5, 0.6) is 0 Å². The third-order valence-electron chi connectivity index (χ3n) is 4.69. The second-order valence-corrected chi connectivity index (χ2v) is 6.81. The van der Waals surface area contributed by atoms with Crippen LogP contribution in [0.2, 0.25) is 0 Å². The lowest BCUT2D eigenvalue weighted by Gasteiger charge is -2.11. The van der Waals surface area contributed by atoms with Crippen LogP contribution in [0, 0.1) is 5.82 Å². The highest BCUT2D eigenvalue weighted by Gasteiger charge is 2.11. The summed E-state index contributed by atoms with van der Waals surface area (Å²) in [5.74, 6) is 1.26. The van der Waals surface area contributed by atoms with E-state index < -0.39 is 0 Å². The molecule has 0 spiro atoms. The first kappa shape index (κ1) is 18.6. The van der Waals surface area contributed by atoms with Gasteiger partial charge in [0.15, 0.2) is 5.82 Å². The molecule has 5 aromatic rings. The van der Waals surface area contributed by atoms with Crippen LogP contribution in [-0.2, 0) is 6.54 Å². The first-order valence-corrected chi connectivity index (χ1v) is 9.57. The topological polar surface area (TPSA) is 104 Å². The molecule has 0 bridgehead atoms. The molecule has 5 rings (SSSR count). The molecule has 0 amide bonds. The Hall–Kier alpha value is -4.40. The molecule has 3 aromatic heterocycles. The Labute approximate surface area is 176 Å². The quantitative estimate of drug-likeness (QED) is 0.382. The predicted molar refractivity (Wildman–Crippen MR) is 116 cm³/mol. The summed E-state index contributed by atoms with van der Waals surface area (Å²) in [5.41, 5.74) is 3.46. The van der Waals surface area contributed by atoms with Gasteiger partial charge >= 0.3 is 0 Å². The van der Waals surface area contributed by atoms with E-state index in [-0.39, 0.29) is 5.82 Å². The Bertz CT molecular complexity index is 1330. The molecule has 9 heteroatoms. The van der Waals surface area contributed by atoms with Gasteiger partial charge in [-0.15, -0.1) is 0 Å². The molecular weight excluding hydrogens is 395 g/mol. The van der Waals surface area contributed by atoms with E-state index in [1.54, 1.807) is 24.5 Å². The third kappa shape index (κ3) is 4.15. The number of nitrogens with one attached hydrogen (secondary N) is 3. The van der Waals surface area contributed by atoms with Crippen molar-refractivity contribution in [3.8, 4) is 11.4 Å². The molecule has 31 heavy (non-hydrogen) atoms. The van der Waals surface area contributed by atoms with Crippen molar-refractivity contribution in [2.45, 2.75) is 6.54 Å². The number of aromatic nitrogens is 6. The number of halogens is 1. The van der Waals surface area contributed by atoms with Crippen LogP contribution in [-0.4, -0.2) is 30.1 Å². The molecule has 3 N–H and O–H groups in total. The van der Waals surface area contributed by atoms with Crippen molar-refractivity contribution in [3.63, 3.8) is 0 Å². The molecule has 0 aliphatic carbocycles. The average Bonchev–Trinajstić information content (AvgIpc) is 3.27. The Morgan fingerprint density at radius 2 is 1.87 bits per heavy atom. The fraction of sp³-hybridized carbons (Fsp3) is 0.0455. The fourth-order valence-corrected chi connectivity index (χ4v) is 3.15. The number of anilines is 3. The summed E-state index contributed by atoms with van der Waals surface area (Å²) in [6.07, 6.45) is 4.91. The lowest BCUT2D eigenvalue weighted by Crippen LogP contribution is -2.05. The van der Waals surface area contributed by atoms with Crippen molar-refractivity contribution in [2.24, 2.45) is 0 Å². The summed E-state index contributed by atoms with van der Waals surface area (Å²) in [4.78, 5) is 17.5. The van der Waals surface area contributed by atoms with Gasteiger partial charge in [0.25, 0.3) is 0 Å². The van der Waals surface area contributed by atoms with Crippen LogP contribution in [0.3, 0.4) is 0 Å². The van der Waals surface area contributed by atoms with Crippen LogP contribution in [0.4, 0.5) is 21.8 Å². The minimum Gasteiger partial charge on any atom is -0.365 e. The largest absolute Gasteiger partial charge is 0.365 e. The molecule has 3 heterocycles. The minimum atomic E-state index is -0.264. The van der Waals surface area contributed by atoms with E-state index >= 15 is 0 Å². The molecule has 152 valence electrons. The van der Waals surface area contributed by atoms with Crippen LogP contribution in [0.15, 0.2) is 73.3 Å². The summed E-state index contributed by atoms with van der Waals surface area (Å²) in [6.45, 7) is 0.491. The van der Waals surface area contributed by atoms with Crippen LogP contribution in [0.1, 0.15) is 5.56 Å². The van der Waals surface area contributed by atoms with Gasteiger partial charge < -0.3 is 10.6 Å². The molecule has 0 atom stereocenters. The van der Waals surface area contributed by atoms with Crippen molar-refractivity contribution in [1.82, 2.24) is 30.1 Å². The maximum absolute atomic E-state index is 13.1. The first-order valence-electron chi connectivity index (χ1n) is 9.57. The summed E-state index contributed by atoms with van der Waals surface area (Å²) in [6, 6.07) is 15.8. The van der Waals surface area contributed by atoms with Gasteiger partial charge in [0.2, 0.25) is 5.95 Å². The average molecular weight is 412 g/mol. The number of benzene rings is 2. The van der Waals surface area contributed by atoms with Crippen LogP contribution < -0.4 is 10.6 Å². The molecule has 0 aliphatic heterocycles. The number of pyridine rings is 1. The Morgan fingerprint density at radius 1 is 0.968 bits per heavy atom. The molecule has 0 fully saturated rings. The second-order valence-electron chi connectivity index (χ2n) is 6.81. The third-order valence-corrected chi connectivity index (χ3v) is 4.69. The SMILES string of the molecule is Fc1ccc(CNc2ncccc2-c2ncnc(Nc3ccc4[nH]ncc4c3)n2)cc1. The lowest BCUT2D eigenvalue weighted by molar-refractivity contribution is 0.627. The van der Waals surface area contributed by atoms with Gasteiger partial charge in [0.05, 0.1) is 17.3 Å². The molecular formula is C22H17FN8. The molecule has 8 nitrogen and oxygen atoms in total. The van der Waals surface area contributed by atoms with Crippen molar-refractivity contribution in [1.29, 1.82) is 0 Å². The Kier molecular flexibility index (Phi) is 4.89. The zero-order chi connectivity index (χ0) is 21.0. The van der Waals surface area contributed by atoms with E-state index in [4.69, 9.17) is 0 Å². The molecule has 0 unspecified atom stereocenters. The van der Waals surface area contributed by atoms with E-state index in [1.165, 1.54) is 18.5 Å². The summed E-state index contributed by atoms with van der Waals surface area (Å²) in [7, 11) is 0. The highest BCUT2D eigenvalue weighted by atomic mass is 19.1. The lowest BCUT2D eigenvalue weighted by atomic mass is 10.2. The molecule has 0 saturated heterocycles. The number of hydrogen-bond donors (Lipinski definition) is 3. The van der Waals surface area contributed by atoms with Crippen molar-refractivity contribution in [3.05, 3.63) is 84.7 Å². The molecule has 0 saturated carbocycles. The van der Waals surface area contributed by atoms with E-state index in [0.717, 1.165) is 27.7 Å². The number of rotatable bonds is 6. The van der Waals surface area contributed by atoms with Crippen LogP contribution in [0.25, 0.3) is 22.3 Å². The van der Waals surface area contributed by atoms with E-state index in [1.807, 2.05) is 30.3 Å². The monoisotopic (exact) mass is 412 g/mol. The highest BCUT2D eigenvalue weighted by Crippen LogP contribution is 2.25. The van der Waals surface area contributed by atoms with Gasteiger partial charge in [-0.25, -0.2) is 19.3 Å². The van der Waals surface area contributed by atoms with Gasteiger partial charge in [-0.3, -0.25) is 5.10 Å². The first-order chi connectivity index (χ1) is 15.2. The van der Waals surface area contributed by atoms with E-state index in [9.17, 15) is 4.39 Å². The molecule has 0 radical (unpaired) electrons. The summed E-state index contributed by atoms with van der Waals surface area (Å²) < 4.78 is 13.1. The van der Waals surface area contributed by atoms with Crippen LogP contribution >= 0.6 is 0 Å². The standard InChI is InChI=1S/C22H17FN8/c23-16-5-3-14(4-6-16)11-25-20-18(2-1-9-24-20)21-26-13-27-22(30-21)29-17-7-8-19-15(10-17)12-28-31-19/h1-10,12-13H,11H2,(H,24,25)(H,28,31)(H,26,27,29,30). The van der Waals surface area contributed by atoms with Gasteiger partial charge in [-0.1, -0.05) is 12.1 Å². The Balaban J connectivity index is 1.38. The molecule has 2 aromatic carbocycles. The van der Waals surface area contributed by atoms with Gasteiger partial charge in [-0.2, -0.15) is 10.1 Å². The number of fused-ring (bicyclic) bond motifs is 1. The van der Waals surface area contributed by atoms with Crippen molar-refractivity contribution >= 4 is 28.4 Å². The van der Waals surface area contributed by atoms with Crippen molar-refractivity contribution in [2.75, 3.05) is 10.6 Å². The molecule has 0 aliphatic rings. The zero-order valence-electron chi connectivity index (χ0n) is 16.2. The maximum Gasteiger partial charge on any atom is 0.230 e. The van der Waals surface area contributed by atoms with E-state index in [0.29, 0.717) is 24.1 Å². The van der Waals surface area contributed by atoms with Gasteiger partial charge in [-0.05, 0) is 48.0 Å². The van der Waals surface area contributed by atoms with Gasteiger partial charge in [0.1, 0.15) is 18.0 Å². The number of aromatic amines is 1. The zero-order valence-corrected chi connectivity index (χ0v) is 16.2.